The van der Waals surface area contributed by atoms with Gasteiger partial charge in [-0.2, -0.15) is 0 Å². The van der Waals surface area contributed by atoms with E-state index in [4.69, 9.17) is 0 Å². The average molecular weight is 334 g/mol. The van der Waals surface area contributed by atoms with Gasteiger partial charge in [0, 0.05) is 12.6 Å². The summed E-state index contributed by atoms with van der Waals surface area (Å²) in [4.78, 5) is 49.4. The number of nitro benzene ring substituents is 1. The number of benzene rings is 1. The van der Waals surface area contributed by atoms with Gasteiger partial charge in [-0.25, -0.2) is 0 Å². The van der Waals surface area contributed by atoms with Gasteiger partial charge in [0.05, 0.1) is 10.5 Å². The Balaban J connectivity index is 2.05. The number of fused-ring (bicyclic) bond motifs is 1. The van der Waals surface area contributed by atoms with Crippen molar-refractivity contribution >= 4 is 23.4 Å². The van der Waals surface area contributed by atoms with Crippen molar-refractivity contribution in [1.82, 2.24) is 15.1 Å². The fourth-order valence-electron chi connectivity index (χ4n) is 2.43. The Kier molecular flexibility index (Phi) is 5.24. The number of nitrogens with one attached hydrogen (secondary N) is 1. The van der Waals surface area contributed by atoms with E-state index >= 15 is 0 Å². The normalized spacial score (nSPS) is 13.4. The first-order valence-electron chi connectivity index (χ1n) is 7.38. The maximum atomic E-state index is 12.3. The van der Waals surface area contributed by atoms with Crippen LogP contribution >= 0.6 is 0 Å². The molecule has 0 atom stereocenters. The Morgan fingerprint density at radius 1 is 1.29 bits per heavy atom. The number of carbonyl (C=O) groups excluding carboxylic acids is 3. The van der Waals surface area contributed by atoms with E-state index in [0.29, 0.717) is 6.54 Å². The molecule has 0 saturated carbocycles. The molecule has 1 N–H and O–H groups in total. The highest BCUT2D eigenvalue weighted by Gasteiger charge is 2.41. The van der Waals surface area contributed by atoms with E-state index in [-0.39, 0.29) is 11.1 Å². The number of carbonyl (C=O) groups is 3. The van der Waals surface area contributed by atoms with Crippen LogP contribution in [0.2, 0.25) is 0 Å². The van der Waals surface area contributed by atoms with Crippen molar-refractivity contribution in [2.75, 3.05) is 33.7 Å². The molecule has 0 radical (unpaired) electrons. The van der Waals surface area contributed by atoms with E-state index < -0.39 is 34.9 Å². The Morgan fingerprint density at radius 3 is 2.62 bits per heavy atom. The number of nitrogens with zero attached hydrogens (tertiary/aromatic N) is 3. The lowest BCUT2D eigenvalue weighted by Gasteiger charge is -2.14. The van der Waals surface area contributed by atoms with E-state index in [1.54, 1.807) is 0 Å². The zero-order valence-electron chi connectivity index (χ0n) is 13.4. The molecule has 0 saturated heterocycles. The van der Waals surface area contributed by atoms with Crippen LogP contribution in [0.25, 0.3) is 0 Å². The second-order valence-electron chi connectivity index (χ2n) is 5.66. The predicted octanol–water partition coefficient (Wildman–Crippen LogP) is 0.259. The van der Waals surface area contributed by atoms with Crippen molar-refractivity contribution in [1.29, 1.82) is 0 Å². The molecule has 1 aromatic rings. The van der Waals surface area contributed by atoms with Crippen molar-refractivity contribution in [3.8, 4) is 0 Å². The highest BCUT2D eigenvalue weighted by molar-refractivity contribution is 6.24. The van der Waals surface area contributed by atoms with Gasteiger partial charge in [0.1, 0.15) is 12.1 Å². The Labute approximate surface area is 138 Å². The van der Waals surface area contributed by atoms with E-state index in [1.807, 2.05) is 19.0 Å². The number of nitro groups is 1. The van der Waals surface area contributed by atoms with Crippen molar-refractivity contribution in [3.05, 3.63) is 39.4 Å². The lowest BCUT2D eigenvalue weighted by atomic mass is 10.1. The molecule has 24 heavy (non-hydrogen) atoms. The smallest absolute Gasteiger partial charge is 0.282 e. The van der Waals surface area contributed by atoms with Crippen molar-refractivity contribution in [2.45, 2.75) is 6.42 Å². The van der Waals surface area contributed by atoms with Gasteiger partial charge in [0.2, 0.25) is 5.91 Å². The summed E-state index contributed by atoms with van der Waals surface area (Å²) in [5, 5.41) is 13.6. The van der Waals surface area contributed by atoms with E-state index in [1.165, 1.54) is 12.1 Å². The first-order chi connectivity index (χ1) is 11.3. The molecule has 1 aliphatic heterocycles. The molecular formula is C15H18N4O5. The number of hydrogen-bond acceptors (Lipinski definition) is 6. The van der Waals surface area contributed by atoms with Crippen LogP contribution in [0.3, 0.4) is 0 Å². The molecule has 0 aromatic heterocycles. The zero-order valence-corrected chi connectivity index (χ0v) is 13.4. The summed E-state index contributed by atoms with van der Waals surface area (Å²) >= 11 is 0. The highest BCUT2D eigenvalue weighted by Crippen LogP contribution is 2.30. The molecule has 0 spiro atoms. The summed E-state index contributed by atoms with van der Waals surface area (Å²) in [5.41, 5.74) is -0.734. The van der Waals surface area contributed by atoms with E-state index in [2.05, 4.69) is 5.32 Å². The number of hydrogen-bond donors (Lipinski definition) is 1. The van der Waals surface area contributed by atoms with Gasteiger partial charge in [-0.05, 0) is 33.1 Å². The lowest BCUT2D eigenvalue weighted by molar-refractivity contribution is -0.385. The fourth-order valence-corrected chi connectivity index (χ4v) is 2.43. The second-order valence-corrected chi connectivity index (χ2v) is 5.66. The molecule has 3 amide bonds. The van der Waals surface area contributed by atoms with Crippen LogP contribution in [0.4, 0.5) is 5.69 Å². The summed E-state index contributed by atoms with van der Waals surface area (Å²) in [6.45, 7) is 0.755. The van der Waals surface area contributed by atoms with Crippen LogP contribution in [-0.2, 0) is 4.79 Å². The highest BCUT2D eigenvalue weighted by atomic mass is 16.6. The first-order valence-corrected chi connectivity index (χ1v) is 7.38. The van der Waals surface area contributed by atoms with E-state index in [0.717, 1.165) is 23.9 Å². The monoisotopic (exact) mass is 334 g/mol. The molecule has 0 bridgehead atoms. The molecule has 0 fully saturated rings. The van der Waals surface area contributed by atoms with Crippen LogP contribution in [0.1, 0.15) is 27.1 Å². The Hall–Kier alpha value is -2.81. The van der Waals surface area contributed by atoms with Crippen molar-refractivity contribution < 1.29 is 19.3 Å². The molecular weight excluding hydrogens is 316 g/mol. The maximum Gasteiger partial charge on any atom is 0.282 e. The first kappa shape index (κ1) is 17.5. The van der Waals surface area contributed by atoms with Gasteiger partial charge < -0.3 is 10.2 Å². The molecule has 1 heterocycles. The third-order valence-corrected chi connectivity index (χ3v) is 3.58. The zero-order chi connectivity index (χ0) is 17.9. The van der Waals surface area contributed by atoms with Crippen molar-refractivity contribution in [2.24, 2.45) is 0 Å². The number of rotatable bonds is 7. The minimum Gasteiger partial charge on any atom is -0.354 e. The summed E-state index contributed by atoms with van der Waals surface area (Å²) in [7, 11) is 3.82. The lowest BCUT2D eigenvalue weighted by Crippen LogP contribution is -2.41. The van der Waals surface area contributed by atoms with Crippen LogP contribution in [0.5, 0.6) is 0 Å². The second kappa shape index (κ2) is 7.18. The summed E-state index contributed by atoms with van der Waals surface area (Å²) in [6, 6.07) is 3.85. The SMILES string of the molecule is CN(C)CCCNC(=O)CN1C(=O)c2cccc([N+](=O)[O-])c2C1=O. The molecule has 2 rings (SSSR count). The van der Waals surface area contributed by atoms with Gasteiger partial charge in [0.15, 0.2) is 0 Å². The molecule has 1 aliphatic rings. The Morgan fingerprint density at radius 2 is 2.00 bits per heavy atom. The quantitative estimate of drug-likeness (QED) is 0.331. The largest absolute Gasteiger partial charge is 0.354 e. The summed E-state index contributed by atoms with van der Waals surface area (Å²) < 4.78 is 0. The standard InChI is InChI=1S/C15H18N4O5/c1-17(2)8-4-7-16-12(20)9-18-14(21)10-5-3-6-11(19(23)24)13(10)15(18)22/h3,5-6H,4,7-9H2,1-2H3,(H,16,20). The summed E-state index contributed by atoms with van der Waals surface area (Å²) in [6.07, 6.45) is 0.729. The van der Waals surface area contributed by atoms with Crippen LogP contribution in [0.15, 0.2) is 18.2 Å². The van der Waals surface area contributed by atoms with Gasteiger partial charge >= 0.3 is 0 Å². The molecule has 9 nitrogen and oxygen atoms in total. The van der Waals surface area contributed by atoms with Gasteiger partial charge in [0.25, 0.3) is 17.5 Å². The number of amides is 3. The minimum atomic E-state index is -0.814. The number of imide groups is 1. The molecule has 128 valence electrons. The van der Waals surface area contributed by atoms with Crippen LogP contribution in [0, 0.1) is 10.1 Å². The summed E-state index contributed by atoms with van der Waals surface area (Å²) in [5.74, 6) is -1.99. The third-order valence-electron chi connectivity index (χ3n) is 3.58. The topological polar surface area (TPSA) is 113 Å². The van der Waals surface area contributed by atoms with Gasteiger partial charge in [-0.3, -0.25) is 29.4 Å². The fraction of sp³-hybridized carbons (Fsp3) is 0.400. The molecule has 0 unspecified atom stereocenters. The van der Waals surface area contributed by atoms with Gasteiger partial charge in [-0.1, -0.05) is 6.07 Å². The van der Waals surface area contributed by atoms with Crippen LogP contribution in [-0.4, -0.2) is 66.2 Å². The maximum absolute atomic E-state index is 12.3. The Bertz CT molecular complexity index is 701. The molecule has 1 aromatic carbocycles. The molecule has 0 aliphatic carbocycles. The minimum absolute atomic E-state index is 0.0467. The van der Waals surface area contributed by atoms with Crippen molar-refractivity contribution in [3.63, 3.8) is 0 Å². The molecule has 9 heteroatoms. The van der Waals surface area contributed by atoms with Crippen LogP contribution < -0.4 is 5.32 Å². The van der Waals surface area contributed by atoms with Gasteiger partial charge in [-0.15, -0.1) is 0 Å². The van der Waals surface area contributed by atoms with E-state index in [9.17, 15) is 24.5 Å². The predicted molar refractivity (Wildman–Crippen MR) is 84.6 cm³/mol. The average Bonchev–Trinajstić information content (AvgIpc) is 2.76. The third kappa shape index (κ3) is 3.57.